The normalized spacial score (nSPS) is 19.2. The van der Waals surface area contributed by atoms with Gasteiger partial charge in [0.15, 0.2) is 0 Å². The Bertz CT molecular complexity index is 604. The summed E-state index contributed by atoms with van der Waals surface area (Å²) in [4.78, 5) is 0. The highest BCUT2D eigenvalue weighted by Gasteiger charge is 2.19. The third-order valence-electron chi connectivity index (χ3n) is 2.67. The number of fused-ring (bicyclic) bond motifs is 1. The second kappa shape index (κ2) is 3.35. The number of rotatable bonds is 1. The van der Waals surface area contributed by atoms with Crippen LogP contribution in [0.1, 0.15) is 6.04 Å². The third-order valence-corrected chi connectivity index (χ3v) is 2.67. The molecule has 1 aliphatic rings. The minimum Gasteiger partial charge on any atom is -0.374 e. The van der Waals surface area contributed by atoms with Crippen molar-refractivity contribution in [2.45, 2.75) is 6.04 Å². The van der Waals surface area contributed by atoms with Crippen LogP contribution in [0.3, 0.4) is 0 Å². The summed E-state index contributed by atoms with van der Waals surface area (Å²) in [6, 6.07) is 9.96. The van der Waals surface area contributed by atoms with Gasteiger partial charge in [0.25, 0.3) is 0 Å². The number of para-hydroxylation sites is 1. The molecule has 3 rings (SSSR count). The van der Waals surface area contributed by atoms with E-state index in [4.69, 9.17) is 5.26 Å². The maximum Gasteiger partial charge on any atom is 0.117 e. The Hall–Kier alpha value is -2.35. The van der Waals surface area contributed by atoms with E-state index in [1.54, 1.807) is 0 Å². The maximum absolute atomic E-state index is 8.77. The van der Waals surface area contributed by atoms with Gasteiger partial charge >= 0.3 is 0 Å². The van der Waals surface area contributed by atoms with Crippen molar-refractivity contribution in [1.82, 2.24) is 20.3 Å². The van der Waals surface area contributed by atoms with E-state index in [1.807, 2.05) is 35.0 Å². The van der Waals surface area contributed by atoms with Crippen molar-refractivity contribution in [3.8, 4) is 6.07 Å². The Morgan fingerprint density at radius 2 is 2.31 bits per heavy atom. The number of allylic oxidation sites excluding steroid dienone is 1. The molecule has 1 aromatic heterocycles. The molecule has 0 bridgehead atoms. The van der Waals surface area contributed by atoms with Crippen LogP contribution < -0.4 is 5.32 Å². The van der Waals surface area contributed by atoms with E-state index in [0.29, 0.717) is 12.2 Å². The van der Waals surface area contributed by atoms with Crippen molar-refractivity contribution in [2.24, 2.45) is 0 Å². The topological polar surface area (TPSA) is 66.5 Å². The first-order chi connectivity index (χ1) is 7.88. The van der Waals surface area contributed by atoms with Crippen molar-refractivity contribution in [2.75, 3.05) is 6.54 Å². The first-order valence-electron chi connectivity index (χ1n) is 5.04. The van der Waals surface area contributed by atoms with E-state index in [1.165, 1.54) is 0 Å². The van der Waals surface area contributed by atoms with E-state index in [9.17, 15) is 0 Å². The van der Waals surface area contributed by atoms with Crippen LogP contribution in [0.4, 0.5) is 0 Å². The van der Waals surface area contributed by atoms with Gasteiger partial charge < -0.3 is 5.32 Å². The van der Waals surface area contributed by atoms with Gasteiger partial charge in [-0.05, 0) is 18.2 Å². The lowest BCUT2D eigenvalue weighted by atomic mass is 10.2. The van der Waals surface area contributed by atoms with Gasteiger partial charge in [0.2, 0.25) is 0 Å². The molecule has 0 aliphatic carbocycles. The zero-order chi connectivity index (χ0) is 11.0. The van der Waals surface area contributed by atoms with Crippen molar-refractivity contribution in [3.63, 3.8) is 0 Å². The quantitative estimate of drug-likeness (QED) is 0.763. The van der Waals surface area contributed by atoms with Crippen molar-refractivity contribution < 1.29 is 0 Å². The van der Waals surface area contributed by atoms with Gasteiger partial charge in [0.05, 0.1) is 11.6 Å². The fourth-order valence-electron chi connectivity index (χ4n) is 1.89. The van der Waals surface area contributed by atoms with Gasteiger partial charge in [-0.3, -0.25) is 0 Å². The van der Waals surface area contributed by atoms with Crippen molar-refractivity contribution in [3.05, 3.63) is 36.0 Å². The standard InChI is InChI=1S/C11H9N5/c12-6-8-5-9(7-13-8)16-11-4-2-1-3-10(11)14-15-16/h1-5,9,13H,7H2. The number of benzene rings is 1. The van der Waals surface area contributed by atoms with Gasteiger partial charge in [-0.25, -0.2) is 4.68 Å². The summed E-state index contributed by atoms with van der Waals surface area (Å²) in [6.07, 6.45) is 1.88. The summed E-state index contributed by atoms with van der Waals surface area (Å²) in [5.41, 5.74) is 2.47. The zero-order valence-corrected chi connectivity index (χ0v) is 8.46. The maximum atomic E-state index is 8.77. The molecule has 0 saturated carbocycles. The van der Waals surface area contributed by atoms with Crippen LogP contribution in [-0.2, 0) is 0 Å². The molecule has 0 spiro atoms. The Morgan fingerprint density at radius 3 is 3.12 bits per heavy atom. The largest absolute Gasteiger partial charge is 0.374 e. The highest BCUT2D eigenvalue weighted by molar-refractivity contribution is 5.74. The highest BCUT2D eigenvalue weighted by atomic mass is 15.4. The van der Waals surface area contributed by atoms with Crippen LogP contribution >= 0.6 is 0 Å². The minimum absolute atomic E-state index is 0.0713. The molecule has 1 aliphatic heterocycles. The number of nitrogens with one attached hydrogen (secondary N) is 1. The van der Waals surface area contributed by atoms with Gasteiger partial charge in [-0.2, -0.15) is 5.26 Å². The molecule has 0 radical (unpaired) electrons. The highest BCUT2D eigenvalue weighted by Crippen LogP contribution is 2.19. The molecule has 1 atom stereocenters. The Labute approximate surface area is 92.0 Å². The second-order valence-corrected chi connectivity index (χ2v) is 3.66. The fraction of sp³-hybridized carbons (Fsp3) is 0.182. The van der Waals surface area contributed by atoms with Crippen LogP contribution in [0.25, 0.3) is 11.0 Å². The molecule has 0 fully saturated rings. The van der Waals surface area contributed by atoms with Crippen molar-refractivity contribution in [1.29, 1.82) is 5.26 Å². The lowest BCUT2D eigenvalue weighted by Crippen LogP contribution is -2.16. The molecule has 1 N–H and O–H groups in total. The molecule has 1 aromatic carbocycles. The van der Waals surface area contributed by atoms with Gasteiger partial charge in [0, 0.05) is 6.54 Å². The molecular formula is C11H9N5. The Morgan fingerprint density at radius 1 is 1.44 bits per heavy atom. The molecule has 0 saturated heterocycles. The van der Waals surface area contributed by atoms with Gasteiger partial charge in [-0.15, -0.1) is 5.10 Å². The molecule has 5 heteroatoms. The summed E-state index contributed by atoms with van der Waals surface area (Å²) in [7, 11) is 0. The lowest BCUT2D eigenvalue weighted by molar-refractivity contribution is 0.543. The minimum atomic E-state index is 0.0713. The second-order valence-electron chi connectivity index (χ2n) is 3.66. The Balaban J connectivity index is 2.08. The van der Waals surface area contributed by atoms with Crippen LogP contribution in [0.2, 0.25) is 0 Å². The molecule has 2 heterocycles. The lowest BCUT2D eigenvalue weighted by Gasteiger charge is -2.07. The number of nitriles is 1. The van der Waals surface area contributed by atoms with Crippen LogP contribution in [0.5, 0.6) is 0 Å². The van der Waals surface area contributed by atoms with Crippen molar-refractivity contribution >= 4 is 11.0 Å². The van der Waals surface area contributed by atoms with Gasteiger partial charge in [-0.1, -0.05) is 17.3 Å². The molecule has 5 nitrogen and oxygen atoms in total. The number of aromatic nitrogens is 3. The molecule has 2 aromatic rings. The molecule has 0 amide bonds. The van der Waals surface area contributed by atoms with Crippen LogP contribution in [0, 0.1) is 11.3 Å². The SMILES string of the molecule is N#CC1=CC(n2nnc3ccccc32)CN1. The average molecular weight is 211 g/mol. The van der Waals surface area contributed by atoms with E-state index >= 15 is 0 Å². The van der Waals surface area contributed by atoms with Gasteiger partial charge in [0.1, 0.15) is 17.3 Å². The average Bonchev–Trinajstić information content (AvgIpc) is 2.94. The number of nitrogens with zero attached hydrogens (tertiary/aromatic N) is 4. The molecule has 16 heavy (non-hydrogen) atoms. The number of hydrogen-bond acceptors (Lipinski definition) is 4. The third kappa shape index (κ3) is 1.24. The first-order valence-corrected chi connectivity index (χ1v) is 5.04. The molecule has 78 valence electrons. The monoisotopic (exact) mass is 211 g/mol. The fourth-order valence-corrected chi connectivity index (χ4v) is 1.89. The summed E-state index contributed by atoms with van der Waals surface area (Å²) >= 11 is 0. The number of hydrogen-bond donors (Lipinski definition) is 1. The Kier molecular flexibility index (Phi) is 1.87. The summed E-state index contributed by atoms with van der Waals surface area (Å²) in [5.74, 6) is 0. The van der Waals surface area contributed by atoms with Crippen LogP contribution in [0.15, 0.2) is 36.0 Å². The predicted octanol–water partition coefficient (Wildman–Crippen LogP) is 0.983. The first kappa shape index (κ1) is 8.92. The summed E-state index contributed by atoms with van der Waals surface area (Å²) < 4.78 is 1.84. The van der Waals surface area contributed by atoms with E-state index < -0.39 is 0 Å². The summed E-state index contributed by atoms with van der Waals surface area (Å²) in [6.45, 7) is 0.691. The van der Waals surface area contributed by atoms with E-state index in [0.717, 1.165) is 11.0 Å². The smallest absolute Gasteiger partial charge is 0.117 e. The molecule has 1 unspecified atom stereocenters. The summed E-state index contributed by atoms with van der Waals surface area (Å²) in [5, 5.41) is 20.0. The van der Waals surface area contributed by atoms with E-state index in [2.05, 4.69) is 21.7 Å². The van der Waals surface area contributed by atoms with Crippen LogP contribution in [-0.4, -0.2) is 21.5 Å². The zero-order valence-electron chi connectivity index (χ0n) is 8.46. The molecular weight excluding hydrogens is 202 g/mol. The predicted molar refractivity (Wildman–Crippen MR) is 58.3 cm³/mol. The van der Waals surface area contributed by atoms with E-state index in [-0.39, 0.29) is 6.04 Å².